The average molecular weight is 298 g/mol. The summed E-state index contributed by atoms with van der Waals surface area (Å²) in [6, 6.07) is 16.0. The minimum Gasteiger partial charge on any atom is -0.484 e. The fourth-order valence-electron chi connectivity index (χ4n) is 1.87. The highest BCUT2D eigenvalue weighted by molar-refractivity contribution is 6.03. The third-order valence-electron chi connectivity index (χ3n) is 2.95. The van der Waals surface area contributed by atoms with Crippen LogP contribution >= 0.6 is 0 Å². The molecular weight excluding hydrogens is 280 g/mol. The molecule has 5 heteroatoms. The third kappa shape index (κ3) is 4.09. The highest BCUT2D eigenvalue weighted by Gasteiger charge is 2.14. The van der Waals surface area contributed by atoms with Crippen LogP contribution in [-0.2, 0) is 4.79 Å². The predicted octanol–water partition coefficient (Wildman–Crippen LogP) is 2.41. The second-order valence-corrected chi connectivity index (χ2v) is 4.90. The predicted molar refractivity (Wildman–Crippen MR) is 85.0 cm³/mol. The Labute approximate surface area is 129 Å². The van der Waals surface area contributed by atoms with E-state index in [9.17, 15) is 9.59 Å². The number of carbonyl (C=O) groups is 2. The molecule has 2 rings (SSSR count). The van der Waals surface area contributed by atoms with Crippen LogP contribution in [-0.4, -0.2) is 37.4 Å². The summed E-state index contributed by atoms with van der Waals surface area (Å²) >= 11 is 0. The Bertz CT molecular complexity index is 654. The first-order valence-corrected chi connectivity index (χ1v) is 6.86. The molecule has 2 aromatic rings. The van der Waals surface area contributed by atoms with Gasteiger partial charge in [0.15, 0.2) is 6.61 Å². The third-order valence-corrected chi connectivity index (χ3v) is 2.95. The van der Waals surface area contributed by atoms with E-state index in [4.69, 9.17) is 4.74 Å². The highest BCUT2D eigenvalue weighted by atomic mass is 16.5. The first-order chi connectivity index (χ1) is 10.6. The van der Waals surface area contributed by atoms with E-state index in [1.165, 1.54) is 4.90 Å². The second-order valence-electron chi connectivity index (χ2n) is 4.90. The number of benzene rings is 2. The zero-order chi connectivity index (χ0) is 15.9. The molecule has 0 unspecified atom stereocenters. The number of para-hydroxylation sites is 2. The van der Waals surface area contributed by atoms with Crippen LogP contribution in [0.25, 0.3) is 0 Å². The topological polar surface area (TPSA) is 58.6 Å². The molecule has 0 aliphatic heterocycles. The van der Waals surface area contributed by atoms with Gasteiger partial charge in [-0.25, -0.2) is 0 Å². The van der Waals surface area contributed by atoms with Crippen LogP contribution in [0.15, 0.2) is 54.6 Å². The van der Waals surface area contributed by atoms with Crippen LogP contribution in [0.5, 0.6) is 5.75 Å². The van der Waals surface area contributed by atoms with E-state index in [0.717, 1.165) is 0 Å². The smallest absolute Gasteiger partial charge is 0.262 e. The van der Waals surface area contributed by atoms with Crippen LogP contribution in [0.4, 0.5) is 5.69 Å². The monoisotopic (exact) mass is 298 g/mol. The second kappa shape index (κ2) is 7.26. The van der Waals surface area contributed by atoms with Gasteiger partial charge in [0.1, 0.15) is 5.75 Å². The molecule has 0 bridgehead atoms. The lowest BCUT2D eigenvalue weighted by Gasteiger charge is -2.14. The zero-order valence-corrected chi connectivity index (χ0v) is 12.6. The molecule has 1 N–H and O–H groups in total. The molecule has 0 fully saturated rings. The van der Waals surface area contributed by atoms with Gasteiger partial charge in [0.25, 0.3) is 11.8 Å². The van der Waals surface area contributed by atoms with Crippen molar-refractivity contribution in [3.8, 4) is 5.75 Å². The largest absolute Gasteiger partial charge is 0.484 e. The summed E-state index contributed by atoms with van der Waals surface area (Å²) in [7, 11) is 3.33. The van der Waals surface area contributed by atoms with E-state index in [-0.39, 0.29) is 18.4 Å². The van der Waals surface area contributed by atoms with Crippen molar-refractivity contribution in [3.63, 3.8) is 0 Å². The van der Waals surface area contributed by atoms with E-state index in [1.807, 2.05) is 18.2 Å². The van der Waals surface area contributed by atoms with E-state index in [1.54, 1.807) is 50.5 Å². The van der Waals surface area contributed by atoms with Crippen LogP contribution in [0, 0.1) is 0 Å². The molecular formula is C17H18N2O3. The molecule has 0 saturated carbocycles. The van der Waals surface area contributed by atoms with Crippen molar-refractivity contribution in [2.45, 2.75) is 0 Å². The maximum atomic E-state index is 12.1. The molecule has 0 aromatic heterocycles. The number of ether oxygens (including phenoxy) is 1. The summed E-state index contributed by atoms with van der Waals surface area (Å²) in [6.07, 6.45) is 0. The van der Waals surface area contributed by atoms with Crippen molar-refractivity contribution >= 4 is 17.5 Å². The van der Waals surface area contributed by atoms with Crippen molar-refractivity contribution in [2.75, 3.05) is 26.0 Å². The van der Waals surface area contributed by atoms with Crippen molar-refractivity contribution in [1.82, 2.24) is 4.90 Å². The highest BCUT2D eigenvalue weighted by Crippen LogP contribution is 2.16. The quantitative estimate of drug-likeness (QED) is 0.922. The van der Waals surface area contributed by atoms with Gasteiger partial charge < -0.3 is 15.0 Å². The molecule has 114 valence electrons. The summed E-state index contributed by atoms with van der Waals surface area (Å²) in [5.41, 5.74) is 0.920. The molecule has 22 heavy (non-hydrogen) atoms. The first kappa shape index (κ1) is 15.6. The lowest BCUT2D eigenvalue weighted by atomic mass is 10.1. The Morgan fingerprint density at radius 3 is 2.32 bits per heavy atom. The Morgan fingerprint density at radius 1 is 1.00 bits per heavy atom. The molecule has 0 heterocycles. The van der Waals surface area contributed by atoms with E-state index in [2.05, 4.69) is 5.32 Å². The van der Waals surface area contributed by atoms with Crippen molar-refractivity contribution in [3.05, 3.63) is 60.2 Å². The Hall–Kier alpha value is -2.82. The van der Waals surface area contributed by atoms with Gasteiger partial charge in [0.05, 0.1) is 11.3 Å². The Kier molecular flexibility index (Phi) is 5.14. The molecule has 5 nitrogen and oxygen atoms in total. The molecule has 0 aliphatic carbocycles. The molecule has 0 radical (unpaired) electrons. The van der Waals surface area contributed by atoms with Gasteiger partial charge in [0.2, 0.25) is 0 Å². The zero-order valence-electron chi connectivity index (χ0n) is 12.6. The average Bonchev–Trinajstić information content (AvgIpc) is 2.53. The summed E-state index contributed by atoms with van der Waals surface area (Å²) < 4.78 is 5.38. The van der Waals surface area contributed by atoms with Gasteiger partial charge >= 0.3 is 0 Å². The fraction of sp³-hybridized carbons (Fsp3) is 0.176. The standard InChI is InChI=1S/C17H18N2O3/c1-19(2)17(21)14-10-6-7-11-15(14)18-16(20)12-22-13-8-4-3-5-9-13/h3-11H,12H2,1-2H3,(H,18,20). The van der Waals surface area contributed by atoms with Gasteiger partial charge in [0, 0.05) is 14.1 Å². The van der Waals surface area contributed by atoms with Gasteiger partial charge in [-0.2, -0.15) is 0 Å². The lowest BCUT2D eigenvalue weighted by Crippen LogP contribution is -2.25. The van der Waals surface area contributed by atoms with Crippen molar-refractivity contribution in [2.24, 2.45) is 0 Å². The molecule has 0 saturated heterocycles. The summed E-state index contributed by atoms with van der Waals surface area (Å²) in [6.45, 7) is -0.117. The van der Waals surface area contributed by atoms with Crippen LogP contribution in [0.2, 0.25) is 0 Å². The normalized spacial score (nSPS) is 9.91. The minimum absolute atomic E-state index is 0.117. The van der Waals surface area contributed by atoms with Gasteiger partial charge in [-0.3, -0.25) is 9.59 Å². The Balaban J connectivity index is 2.01. The number of carbonyl (C=O) groups excluding carboxylic acids is 2. The van der Waals surface area contributed by atoms with E-state index in [0.29, 0.717) is 17.0 Å². The van der Waals surface area contributed by atoms with Crippen LogP contribution in [0.1, 0.15) is 10.4 Å². The molecule has 2 aromatic carbocycles. The maximum Gasteiger partial charge on any atom is 0.262 e. The van der Waals surface area contributed by atoms with Gasteiger partial charge in [-0.1, -0.05) is 30.3 Å². The molecule has 2 amide bonds. The number of hydrogen-bond acceptors (Lipinski definition) is 3. The molecule has 0 spiro atoms. The van der Waals surface area contributed by atoms with Gasteiger partial charge in [-0.05, 0) is 24.3 Å². The van der Waals surface area contributed by atoms with Gasteiger partial charge in [-0.15, -0.1) is 0 Å². The number of hydrogen-bond donors (Lipinski definition) is 1. The lowest BCUT2D eigenvalue weighted by molar-refractivity contribution is -0.118. The number of nitrogens with one attached hydrogen (secondary N) is 1. The number of rotatable bonds is 5. The van der Waals surface area contributed by atoms with Crippen molar-refractivity contribution < 1.29 is 14.3 Å². The number of nitrogens with zero attached hydrogens (tertiary/aromatic N) is 1. The van der Waals surface area contributed by atoms with E-state index < -0.39 is 0 Å². The fourth-order valence-corrected chi connectivity index (χ4v) is 1.87. The van der Waals surface area contributed by atoms with E-state index >= 15 is 0 Å². The summed E-state index contributed by atoms with van der Waals surface area (Å²) in [5, 5.41) is 2.71. The summed E-state index contributed by atoms with van der Waals surface area (Å²) in [4.78, 5) is 25.5. The first-order valence-electron chi connectivity index (χ1n) is 6.86. The van der Waals surface area contributed by atoms with Crippen molar-refractivity contribution in [1.29, 1.82) is 0 Å². The van der Waals surface area contributed by atoms with Crippen LogP contribution < -0.4 is 10.1 Å². The summed E-state index contributed by atoms with van der Waals surface area (Å²) in [5.74, 6) is 0.137. The molecule has 0 aliphatic rings. The Morgan fingerprint density at radius 2 is 1.64 bits per heavy atom. The maximum absolute atomic E-state index is 12.1. The van der Waals surface area contributed by atoms with Crippen LogP contribution in [0.3, 0.4) is 0 Å². The minimum atomic E-state index is -0.317. The SMILES string of the molecule is CN(C)C(=O)c1ccccc1NC(=O)COc1ccccc1. The molecule has 0 atom stereocenters. The number of amides is 2. The number of anilines is 1.